The topological polar surface area (TPSA) is 127 Å². The second-order valence-corrected chi connectivity index (χ2v) is 9.73. The van der Waals surface area contributed by atoms with Crippen LogP contribution >= 0.6 is 0 Å². The van der Waals surface area contributed by atoms with Crippen molar-refractivity contribution in [3.63, 3.8) is 0 Å². The van der Waals surface area contributed by atoms with E-state index in [0.29, 0.717) is 11.1 Å². The molecule has 3 rings (SSSR count). The summed E-state index contributed by atoms with van der Waals surface area (Å²) >= 11 is 0. The van der Waals surface area contributed by atoms with Gasteiger partial charge < -0.3 is 15.4 Å². The van der Waals surface area contributed by atoms with Crippen molar-refractivity contribution < 1.29 is 27.3 Å². The molecule has 0 aliphatic heterocycles. The van der Waals surface area contributed by atoms with Crippen LogP contribution in [0.3, 0.4) is 0 Å². The molecule has 0 saturated carbocycles. The van der Waals surface area contributed by atoms with E-state index in [2.05, 4.69) is 31.3 Å². The number of hydrogen-bond donors (Lipinski definition) is 3. The second kappa shape index (κ2) is 10.0. The third-order valence-electron chi connectivity index (χ3n) is 4.64. The van der Waals surface area contributed by atoms with E-state index in [4.69, 9.17) is 4.74 Å². The number of amides is 2. The minimum absolute atomic E-state index is 0.0182. The number of carbonyl (C=O) groups is 2. The Bertz CT molecular complexity index is 1340. The number of carbonyl (C=O) groups excluding carboxylic acids is 2. The average Bonchev–Trinajstić information content (AvgIpc) is 3.10. The molecule has 34 heavy (non-hydrogen) atoms. The van der Waals surface area contributed by atoms with Crippen LogP contribution in [0.15, 0.2) is 30.7 Å². The zero-order valence-electron chi connectivity index (χ0n) is 18.7. The highest BCUT2D eigenvalue weighted by atomic mass is 32.2. The summed E-state index contributed by atoms with van der Waals surface area (Å²) in [5, 5.41) is 9.48. The molecule has 3 aromatic rings. The van der Waals surface area contributed by atoms with Crippen molar-refractivity contribution in [3.8, 4) is 5.75 Å². The van der Waals surface area contributed by atoms with Crippen LogP contribution in [-0.2, 0) is 14.5 Å². The second-order valence-electron chi connectivity index (χ2n) is 7.51. The Morgan fingerprint density at radius 3 is 2.76 bits per heavy atom. The van der Waals surface area contributed by atoms with Gasteiger partial charge in [0, 0.05) is 34.8 Å². The Morgan fingerprint density at radius 2 is 2.09 bits per heavy atom. The van der Waals surface area contributed by atoms with Gasteiger partial charge in [-0.1, -0.05) is 0 Å². The molecule has 0 fully saturated rings. The van der Waals surface area contributed by atoms with Gasteiger partial charge in [-0.05, 0) is 37.4 Å². The number of nitrogens with one attached hydrogen (secondary N) is 3. The van der Waals surface area contributed by atoms with E-state index in [1.54, 1.807) is 6.92 Å². The molecule has 3 N–H and O–H groups in total. The molecular weight excluding hydrogens is 470 g/mol. The monoisotopic (exact) mass is 494 g/mol. The summed E-state index contributed by atoms with van der Waals surface area (Å²) in [6, 6.07) is 3.68. The zero-order valence-corrected chi connectivity index (χ0v) is 19.5. The van der Waals surface area contributed by atoms with E-state index in [0.717, 1.165) is 6.07 Å². The van der Waals surface area contributed by atoms with Crippen LogP contribution in [0.2, 0.25) is 0 Å². The van der Waals surface area contributed by atoms with E-state index < -0.39 is 40.1 Å². The van der Waals surface area contributed by atoms with Crippen LogP contribution < -0.4 is 20.1 Å². The van der Waals surface area contributed by atoms with Gasteiger partial charge in [0.25, 0.3) is 11.8 Å². The minimum Gasteiger partial charge on any atom is -0.479 e. The van der Waals surface area contributed by atoms with Gasteiger partial charge in [-0.25, -0.2) is 22.5 Å². The summed E-state index contributed by atoms with van der Waals surface area (Å²) in [5.74, 6) is 1.96. The fraction of sp³-hybridized carbons (Fsp3) is 0.286. The number of alkyl halides is 1. The van der Waals surface area contributed by atoms with Crippen molar-refractivity contribution in [2.75, 3.05) is 24.8 Å². The number of hydrogen-bond acceptors (Lipinski definition) is 7. The van der Waals surface area contributed by atoms with Crippen LogP contribution in [0.5, 0.6) is 5.75 Å². The van der Waals surface area contributed by atoms with Crippen LogP contribution in [0.1, 0.15) is 22.8 Å². The number of aromatic nitrogens is 3. The molecule has 2 amide bonds. The lowest BCUT2D eigenvalue weighted by atomic mass is 10.2. The number of rotatable bonds is 9. The fourth-order valence-electron chi connectivity index (χ4n) is 3.11. The number of ether oxygens (including phenoxy) is 1. The maximum absolute atomic E-state index is 13.9. The molecule has 0 aliphatic rings. The third-order valence-corrected chi connectivity index (χ3v) is 5.26. The van der Waals surface area contributed by atoms with Crippen molar-refractivity contribution in [1.29, 1.82) is 0 Å². The van der Waals surface area contributed by atoms with Gasteiger partial charge in [-0.15, -0.1) is 0 Å². The van der Waals surface area contributed by atoms with E-state index in [1.807, 2.05) is 0 Å². The first-order valence-electron chi connectivity index (χ1n) is 10.0. The summed E-state index contributed by atoms with van der Waals surface area (Å²) in [7, 11) is -2.78. The predicted octanol–water partition coefficient (Wildman–Crippen LogP) is 1.76. The molecule has 0 radical (unpaired) electrons. The van der Waals surface area contributed by atoms with Crippen molar-refractivity contribution >= 4 is 44.4 Å². The van der Waals surface area contributed by atoms with Gasteiger partial charge in [-0.2, -0.15) is 5.10 Å². The van der Waals surface area contributed by atoms with Crippen molar-refractivity contribution in [1.82, 2.24) is 24.6 Å². The minimum atomic E-state index is -2.78. The highest BCUT2D eigenvalue weighted by molar-refractivity contribution is 7.98. The third kappa shape index (κ3) is 5.78. The lowest BCUT2D eigenvalue weighted by Crippen LogP contribution is -2.37. The van der Waals surface area contributed by atoms with Crippen LogP contribution in [0, 0.1) is 12.7 Å². The lowest BCUT2D eigenvalue weighted by molar-refractivity contribution is -0.127. The average molecular weight is 495 g/mol. The number of anilines is 2. The van der Waals surface area contributed by atoms with Crippen LogP contribution in [-0.4, -0.2) is 62.1 Å². The van der Waals surface area contributed by atoms with Gasteiger partial charge in [0.1, 0.15) is 30.1 Å². The number of halogens is 2. The molecule has 1 aromatic carbocycles. The normalized spacial score (nSPS) is 13.7. The Balaban J connectivity index is 1.95. The summed E-state index contributed by atoms with van der Waals surface area (Å²) in [6.07, 6.45) is 2.98. The molecule has 2 aromatic heterocycles. The lowest BCUT2D eigenvalue weighted by Gasteiger charge is -2.18. The fourth-order valence-corrected chi connectivity index (χ4v) is 3.62. The Morgan fingerprint density at radius 1 is 1.35 bits per heavy atom. The SMILES string of the molecule is C=S(C)(=O)NC(=O)c1cn2ncnc(Nc3ccc(F)cc3OC(C)C(=O)NCCF)c2c1C. The first-order valence-corrected chi connectivity index (χ1v) is 12.2. The first kappa shape index (κ1) is 24.9. The van der Waals surface area contributed by atoms with Gasteiger partial charge in [-0.3, -0.25) is 14.3 Å². The number of fused-ring (bicyclic) bond motifs is 1. The molecule has 2 unspecified atom stereocenters. The predicted molar refractivity (Wildman–Crippen MR) is 125 cm³/mol. The Kier molecular flexibility index (Phi) is 7.35. The van der Waals surface area contributed by atoms with E-state index >= 15 is 0 Å². The molecule has 10 nitrogen and oxygen atoms in total. The summed E-state index contributed by atoms with van der Waals surface area (Å²) < 4.78 is 47.5. The standard InChI is InChI=1S/C21H24F2N6O4S/c1-12-15(21(31)28-34(3,4)32)10-29-18(12)19(25-11-26-29)27-16-6-5-14(23)9-17(16)33-13(2)20(30)24-8-7-22/h5-6,9-11,13H,3,7-8H2,1-2,4H3,(H,24,30)(H,25,26,27)(H,28,31,32). The quantitative estimate of drug-likeness (QED) is 0.387. The molecule has 2 atom stereocenters. The number of nitrogens with zero attached hydrogens (tertiary/aromatic N) is 3. The highest BCUT2D eigenvalue weighted by Crippen LogP contribution is 2.32. The Hall–Kier alpha value is -3.74. The Labute approximate surface area is 194 Å². The van der Waals surface area contributed by atoms with Crippen molar-refractivity contribution in [3.05, 3.63) is 47.7 Å². The first-order chi connectivity index (χ1) is 16.0. The number of benzene rings is 1. The van der Waals surface area contributed by atoms with Gasteiger partial charge >= 0.3 is 0 Å². The maximum atomic E-state index is 13.9. The largest absolute Gasteiger partial charge is 0.479 e. The highest BCUT2D eigenvalue weighted by Gasteiger charge is 2.21. The van der Waals surface area contributed by atoms with Gasteiger partial charge in [0.15, 0.2) is 11.9 Å². The summed E-state index contributed by atoms with van der Waals surface area (Å²) in [6.45, 7) is 2.22. The van der Waals surface area contributed by atoms with E-state index in [9.17, 15) is 22.6 Å². The maximum Gasteiger partial charge on any atom is 0.264 e. The van der Waals surface area contributed by atoms with E-state index in [-0.39, 0.29) is 29.4 Å². The van der Waals surface area contributed by atoms with Crippen LogP contribution in [0.4, 0.5) is 20.3 Å². The van der Waals surface area contributed by atoms with Crippen molar-refractivity contribution in [2.45, 2.75) is 20.0 Å². The number of aryl methyl sites for hydroxylation is 1. The molecule has 13 heteroatoms. The molecule has 0 saturated heterocycles. The molecule has 182 valence electrons. The van der Waals surface area contributed by atoms with Crippen LogP contribution in [0.25, 0.3) is 5.52 Å². The van der Waals surface area contributed by atoms with E-state index in [1.165, 1.54) is 42.4 Å². The smallest absolute Gasteiger partial charge is 0.264 e. The summed E-state index contributed by atoms with van der Waals surface area (Å²) in [4.78, 5) is 28.8. The van der Waals surface area contributed by atoms with Crippen molar-refractivity contribution in [2.24, 2.45) is 0 Å². The molecule has 0 bridgehead atoms. The summed E-state index contributed by atoms with van der Waals surface area (Å²) in [5.41, 5.74) is 1.43. The molecule has 2 heterocycles. The molecular formula is C21H24F2N6O4S. The molecule has 0 spiro atoms. The van der Waals surface area contributed by atoms with Gasteiger partial charge in [0.2, 0.25) is 0 Å². The van der Waals surface area contributed by atoms with Gasteiger partial charge in [0.05, 0.1) is 11.3 Å². The molecule has 0 aliphatic carbocycles. The zero-order chi connectivity index (χ0) is 25.0.